The zero-order valence-corrected chi connectivity index (χ0v) is 13.2. The molecule has 1 atom stereocenters. The number of hydrogen-bond acceptors (Lipinski definition) is 4. The minimum atomic E-state index is -0.520. The van der Waals surface area contributed by atoms with Gasteiger partial charge in [0.2, 0.25) is 0 Å². The van der Waals surface area contributed by atoms with Gasteiger partial charge >= 0.3 is 5.97 Å². The Hall–Kier alpha value is -2.20. The van der Waals surface area contributed by atoms with Gasteiger partial charge in [-0.15, -0.1) is 0 Å². The highest BCUT2D eigenvalue weighted by Crippen LogP contribution is 2.24. The summed E-state index contributed by atoms with van der Waals surface area (Å²) in [5, 5.41) is 0. The van der Waals surface area contributed by atoms with Crippen molar-refractivity contribution in [3.8, 4) is 0 Å². The molecule has 2 aromatic rings. The first-order chi connectivity index (χ1) is 10.5. The largest absolute Gasteiger partial charge is 0.458 e. The molecule has 0 radical (unpaired) electrons. The van der Waals surface area contributed by atoms with Gasteiger partial charge in [0, 0.05) is 6.20 Å². The first kappa shape index (κ1) is 16.2. The maximum Gasteiger partial charge on any atom is 0.332 e. The number of carbonyl (C=O) groups excluding carboxylic acids is 1. The number of hydrogen-bond donors (Lipinski definition) is 0. The molecule has 0 N–H and O–H groups in total. The molecule has 0 saturated heterocycles. The summed E-state index contributed by atoms with van der Waals surface area (Å²) in [6, 6.07) is 15.3. The fraction of sp³-hybridized carbons (Fsp3) is 0.333. The van der Waals surface area contributed by atoms with Crippen LogP contribution in [0.1, 0.15) is 38.1 Å². The van der Waals surface area contributed by atoms with Gasteiger partial charge in [0.1, 0.15) is 18.3 Å². The van der Waals surface area contributed by atoms with Crippen LogP contribution < -0.4 is 0 Å². The molecule has 4 heteroatoms. The molecule has 0 aliphatic rings. The van der Waals surface area contributed by atoms with E-state index >= 15 is 0 Å². The van der Waals surface area contributed by atoms with Crippen LogP contribution in [0.4, 0.5) is 0 Å². The highest BCUT2D eigenvalue weighted by atomic mass is 16.6. The number of benzene rings is 1. The number of pyridine rings is 1. The number of aromatic nitrogens is 1. The van der Waals surface area contributed by atoms with E-state index in [1.165, 1.54) is 0 Å². The second-order valence-corrected chi connectivity index (χ2v) is 5.94. The minimum absolute atomic E-state index is 0.118. The van der Waals surface area contributed by atoms with Gasteiger partial charge in [0.15, 0.2) is 0 Å². The molecular formula is C18H21NO3. The van der Waals surface area contributed by atoms with Gasteiger partial charge in [-0.25, -0.2) is 4.79 Å². The summed E-state index contributed by atoms with van der Waals surface area (Å²) in [7, 11) is 0. The molecule has 0 saturated carbocycles. The number of rotatable bonds is 5. The van der Waals surface area contributed by atoms with Crippen LogP contribution in [0.3, 0.4) is 0 Å². The molecule has 0 amide bonds. The van der Waals surface area contributed by atoms with Crippen molar-refractivity contribution in [3.05, 3.63) is 66.0 Å². The van der Waals surface area contributed by atoms with Crippen LogP contribution in [0.2, 0.25) is 0 Å². The van der Waals surface area contributed by atoms with E-state index in [2.05, 4.69) is 4.98 Å². The summed E-state index contributed by atoms with van der Waals surface area (Å²) >= 11 is 0. The Kier molecular flexibility index (Phi) is 5.28. The normalized spacial score (nSPS) is 12.7. The van der Waals surface area contributed by atoms with Crippen molar-refractivity contribution < 1.29 is 14.3 Å². The molecule has 22 heavy (non-hydrogen) atoms. The van der Waals surface area contributed by atoms with E-state index in [-0.39, 0.29) is 12.6 Å². The Morgan fingerprint density at radius 3 is 2.36 bits per heavy atom. The van der Waals surface area contributed by atoms with Gasteiger partial charge in [-0.3, -0.25) is 4.98 Å². The standard InChI is InChI=1S/C18H21NO3/c1-18(2,3)22-16(20)13-21-17(14-9-5-4-6-10-14)15-11-7-8-12-19-15/h4-12,17H,13H2,1-3H3. The Morgan fingerprint density at radius 2 is 1.77 bits per heavy atom. The van der Waals surface area contributed by atoms with Gasteiger partial charge in [-0.05, 0) is 38.5 Å². The Bertz CT molecular complexity index is 551. The molecule has 0 bridgehead atoms. The second kappa shape index (κ2) is 7.18. The molecule has 0 aliphatic carbocycles. The van der Waals surface area contributed by atoms with Gasteiger partial charge in [-0.2, -0.15) is 0 Å². The fourth-order valence-electron chi connectivity index (χ4n) is 2.03. The number of nitrogens with zero attached hydrogens (tertiary/aromatic N) is 1. The predicted octanol–water partition coefficient (Wildman–Crippen LogP) is 3.53. The van der Waals surface area contributed by atoms with Crippen molar-refractivity contribution in [3.63, 3.8) is 0 Å². The van der Waals surface area contributed by atoms with Gasteiger partial charge in [0.25, 0.3) is 0 Å². The van der Waals surface area contributed by atoms with Gasteiger partial charge in [-0.1, -0.05) is 36.4 Å². The monoisotopic (exact) mass is 299 g/mol. The van der Waals surface area contributed by atoms with Gasteiger partial charge in [0.05, 0.1) is 5.69 Å². The third-order valence-corrected chi connectivity index (χ3v) is 2.85. The van der Waals surface area contributed by atoms with Gasteiger partial charge < -0.3 is 9.47 Å². The van der Waals surface area contributed by atoms with Crippen LogP contribution >= 0.6 is 0 Å². The van der Waals surface area contributed by atoms with E-state index in [1.807, 2.05) is 69.3 Å². The summed E-state index contributed by atoms with van der Waals surface area (Å²) in [6.07, 6.45) is 1.32. The predicted molar refractivity (Wildman–Crippen MR) is 84.3 cm³/mol. The van der Waals surface area contributed by atoms with Crippen LogP contribution in [0.15, 0.2) is 54.7 Å². The minimum Gasteiger partial charge on any atom is -0.458 e. The first-order valence-corrected chi connectivity index (χ1v) is 7.25. The zero-order chi connectivity index (χ0) is 16.0. The lowest BCUT2D eigenvalue weighted by Gasteiger charge is -2.21. The van der Waals surface area contributed by atoms with Crippen LogP contribution in [0, 0.1) is 0 Å². The molecule has 0 aliphatic heterocycles. The van der Waals surface area contributed by atoms with E-state index in [1.54, 1.807) is 6.20 Å². The Balaban J connectivity index is 2.11. The Labute approximate surface area is 131 Å². The molecule has 1 aromatic heterocycles. The van der Waals surface area contributed by atoms with E-state index in [4.69, 9.17) is 9.47 Å². The van der Waals surface area contributed by atoms with E-state index in [9.17, 15) is 4.79 Å². The molecule has 116 valence electrons. The van der Waals surface area contributed by atoms with Crippen molar-refractivity contribution in [2.45, 2.75) is 32.5 Å². The Morgan fingerprint density at radius 1 is 1.09 bits per heavy atom. The molecule has 2 rings (SSSR count). The second-order valence-electron chi connectivity index (χ2n) is 5.94. The van der Waals surface area contributed by atoms with Crippen LogP contribution in [0.25, 0.3) is 0 Å². The average molecular weight is 299 g/mol. The SMILES string of the molecule is CC(C)(C)OC(=O)COC(c1ccccc1)c1ccccn1. The third kappa shape index (κ3) is 4.97. The molecule has 0 fully saturated rings. The smallest absolute Gasteiger partial charge is 0.332 e. The van der Waals surface area contributed by atoms with Crippen molar-refractivity contribution in [2.24, 2.45) is 0 Å². The number of ether oxygens (including phenoxy) is 2. The molecular weight excluding hydrogens is 278 g/mol. The zero-order valence-electron chi connectivity index (χ0n) is 13.2. The number of esters is 1. The molecule has 4 nitrogen and oxygen atoms in total. The van der Waals surface area contributed by atoms with Crippen molar-refractivity contribution in [2.75, 3.05) is 6.61 Å². The maximum absolute atomic E-state index is 11.9. The maximum atomic E-state index is 11.9. The first-order valence-electron chi connectivity index (χ1n) is 7.25. The summed E-state index contributed by atoms with van der Waals surface area (Å²) < 4.78 is 11.1. The highest BCUT2D eigenvalue weighted by Gasteiger charge is 2.20. The van der Waals surface area contributed by atoms with Crippen molar-refractivity contribution in [1.82, 2.24) is 4.98 Å². The highest BCUT2D eigenvalue weighted by molar-refractivity contribution is 5.71. The summed E-state index contributed by atoms with van der Waals surface area (Å²) in [6.45, 7) is 5.38. The lowest BCUT2D eigenvalue weighted by Crippen LogP contribution is -2.27. The number of carbonyl (C=O) groups is 1. The van der Waals surface area contributed by atoms with E-state index < -0.39 is 11.7 Å². The quantitative estimate of drug-likeness (QED) is 0.792. The third-order valence-electron chi connectivity index (χ3n) is 2.85. The summed E-state index contributed by atoms with van der Waals surface area (Å²) in [5.41, 5.74) is 1.19. The van der Waals surface area contributed by atoms with Crippen LogP contribution in [-0.2, 0) is 14.3 Å². The topological polar surface area (TPSA) is 48.4 Å². The van der Waals surface area contributed by atoms with E-state index in [0.29, 0.717) is 0 Å². The molecule has 1 heterocycles. The summed E-state index contributed by atoms with van der Waals surface area (Å²) in [4.78, 5) is 16.2. The fourth-order valence-corrected chi connectivity index (χ4v) is 2.03. The van der Waals surface area contributed by atoms with E-state index in [0.717, 1.165) is 11.3 Å². The molecule has 1 aromatic carbocycles. The summed E-state index contributed by atoms with van der Waals surface area (Å²) in [5.74, 6) is -0.385. The lowest BCUT2D eigenvalue weighted by atomic mass is 10.1. The van der Waals surface area contributed by atoms with Crippen molar-refractivity contribution in [1.29, 1.82) is 0 Å². The van der Waals surface area contributed by atoms with Crippen LogP contribution in [-0.4, -0.2) is 23.2 Å². The van der Waals surface area contributed by atoms with Crippen LogP contribution in [0.5, 0.6) is 0 Å². The average Bonchev–Trinajstić information content (AvgIpc) is 2.48. The molecule has 0 spiro atoms. The molecule has 1 unspecified atom stereocenters. The van der Waals surface area contributed by atoms with Crippen molar-refractivity contribution >= 4 is 5.97 Å². The lowest BCUT2D eigenvalue weighted by molar-refractivity contribution is -0.161.